The topological polar surface area (TPSA) is 77.9 Å². The van der Waals surface area contributed by atoms with Crippen molar-refractivity contribution in [3.8, 4) is 0 Å². The second-order valence-corrected chi connectivity index (χ2v) is 9.28. The van der Waals surface area contributed by atoms with Crippen molar-refractivity contribution < 1.29 is 18.3 Å². The lowest BCUT2D eigenvalue weighted by Crippen LogP contribution is -2.41. The van der Waals surface area contributed by atoms with Crippen molar-refractivity contribution >= 4 is 16.0 Å². The van der Waals surface area contributed by atoms with Crippen LogP contribution in [0.1, 0.15) is 16.7 Å². The van der Waals surface area contributed by atoms with Crippen LogP contribution < -0.4 is 0 Å². The van der Waals surface area contributed by atoms with Crippen LogP contribution in [0.15, 0.2) is 18.2 Å². The van der Waals surface area contributed by atoms with Gasteiger partial charge in [0.1, 0.15) is 0 Å². The summed E-state index contributed by atoms with van der Waals surface area (Å²) in [6.45, 7) is 6.23. The van der Waals surface area contributed by atoms with E-state index < -0.39 is 21.4 Å². The number of aryl methyl sites for hydroxylation is 2. The predicted octanol–water partition coefficient (Wildman–Crippen LogP) is 1.08. The Labute approximate surface area is 143 Å². The molecule has 0 unspecified atom stereocenters. The van der Waals surface area contributed by atoms with Crippen molar-refractivity contribution in [1.82, 2.24) is 9.21 Å². The van der Waals surface area contributed by atoms with Gasteiger partial charge in [0.25, 0.3) is 0 Å². The van der Waals surface area contributed by atoms with E-state index in [0.717, 1.165) is 6.26 Å². The summed E-state index contributed by atoms with van der Waals surface area (Å²) in [4.78, 5) is 14.1. The van der Waals surface area contributed by atoms with Gasteiger partial charge < -0.3 is 5.11 Å². The van der Waals surface area contributed by atoms with Crippen LogP contribution in [0, 0.1) is 25.2 Å². The molecule has 0 saturated carbocycles. The lowest BCUT2D eigenvalue weighted by atomic mass is 9.81. The Morgan fingerprint density at radius 1 is 1.25 bits per heavy atom. The van der Waals surface area contributed by atoms with Gasteiger partial charge >= 0.3 is 5.97 Å². The van der Waals surface area contributed by atoms with Crippen LogP contribution in [0.5, 0.6) is 0 Å². The van der Waals surface area contributed by atoms with Crippen LogP contribution in [0.3, 0.4) is 0 Å². The fourth-order valence-corrected chi connectivity index (χ4v) is 4.87. The number of hydrogen-bond donors (Lipinski definition) is 1. The third-order valence-electron chi connectivity index (χ3n) is 5.52. The minimum absolute atomic E-state index is 0.0786. The summed E-state index contributed by atoms with van der Waals surface area (Å²) in [5.41, 5.74) is 2.65. The van der Waals surface area contributed by atoms with Crippen molar-refractivity contribution in [3.63, 3.8) is 0 Å². The maximum absolute atomic E-state index is 11.9. The van der Waals surface area contributed by atoms with Crippen LogP contribution in [-0.2, 0) is 21.4 Å². The van der Waals surface area contributed by atoms with Gasteiger partial charge in [-0.2, -0.15) is 0 Å². The van der Waals surface area contributed by atoms with E-state index in [4.69, 9.17) is 0 Å². The molecule has 7 heteroatoms. The Morgan fingerprint density at radius 2 is 1.96 bits per heavy atom. The van der Waals surface area contributed by atoms with Gasteiger partial charge in [0.05, 0.1) is 11.7 Å². The number of fused-ring (bicyclic) bond motifs is 1. The number of benzene rings is 1. The molecule has 0 radical (unpaired) electrons. The summed E-state index contributed by atoms with van der Waals surface area (Å²) in [5.74, 6) is -1.04. The smallest absolute Gasteiger partial charge is 0.312 e. The van der Waals surface area contributed by atoms with Gasteiger partial charge in [-0.1, -0.05) is 18.2 Å². The average molecular weight is 352 g/mol. The van der Waals surface area contributed by atoms with Crippen molar-refractivity contribution in [2.75, 3.05) is 32.4 Å². The number of rotatable bonds is 4. The molecular formula is C17H24N2O4S. The highest BCUT2D eigenvalue weighted by Crippen LogP contribution is 2.44. The Hall–Kier alpha value is -1.44. The Morgan fingerprint density at radius 3 is 2.50 bits per heavy atom. The van der Waals surface area contributed by atoms with Gasteiger partial charge in [-0.25, -0.2) is 12.7 Å². The molecule has 6 nitrogen and oxygen atoms in total. The molecule has 2 aliphatic rings. The van der Waals surface area contributed by atoms with Gasteiger partial charge in [0.2, 0.25) is 10.0 Å². The first-order valence-electron chi connectivity index (χ1n) is 8.09. The Bertz CT molecular complexity index is 777. The predicted molar refractivity (Wildman–Crippen MR) is 91.2 cm³/mol. The van der Waals surface area contributed by atoms with Gasteiger partial charge in [0, 0.05) is 38.6 Å². The largest absolute Gasteiger partial charge is 0.481 e. The van der Waals surface area contributed by atoms with Crippen LogP contribution in [-0.4, -0.2) is 61.1 Å². The molecule has 1 aromatic carbocycles. The molecule has 2 atom stereocenters. The second-order valence-electron chi connectivity index (χ2n) is 7.30. The van der Waals surface area contributed by atoms with Crippen molar-refractivity contribution in [1.29, 1.82) is 0 Å². The summed E-state index contributed by atoms with van der Waals surface area (Å²) in [5, 5.41) is 9.77. The molecule has 0 aromatic heterocycles. The molecule has 0 spiro atoms. The quantitative estimate of drug-likeness (QED) is 0.877. The van der Waals surface area contributed by atoms with Crippen LogP contribution in [0.2, 0.25) is 0 Å². The van der Waals surface area contributed by atoms with E-state index in [2.05, 4.69) is 36.9 Å². The Kier molecular flexibility index (Phi) is 4.22. The summed E-state index contributed by atoms with van der Waals surface area (Å²) < 4.78 is 24.9. The van der Waals surface area contributed by atoms with E-state index in [9.17, 15) is 18.3 Å². The number of carboxylic acids is 1. The molecule has 0 aliphatic carbocycles. The molecule has 0 bridgehead atoms. The fraction of sp³-hybridized carbons (Fsp3) is 0.588. The van der Waals surface area contributed by atoms with Gasteiger partial charge in [0.15, 0.2) is 0 Å². The SMILES string of the molecule is Cc1ccc(CN2C[C@@H]3CN(S(C)(=O)=O)C[C@]3(C(=O)O)C2)cc1C. The Balaban J connectivity index is 1.78. The highest BCUT2D eigenvalue weighted by molar-refractivity contribution is 7.88. The number of carbonyl (C=O) groups is 1. The minimum Gasteiger partial charge on any atom is -0.481 e. The first-order valence-corrected chi connectivity index (χ1v) is 9.94. The lowest BCUT2D eigenvalue weighted by Gasteiger charge is -2.24. The number of aliphatic carboxylic acids is 1. The molecule has 2 fully saturated rings. The summed E-state index contributed by atoms with van der Waals surface area (Å²) in [6.07, 6.45) is 1.15. The summed E-state index contributed by atoms with van der Waals surface area (Å²) >= 11 is 0. The van der Waals surface area contributed by atoms with E-state index in [-0.39, 0.29) is 12.5 Å². The number of sulfonamides is 1. The van der Waals surface area contributed by atoms with Crippen molar-refractivity contribution in [2.24, 2.45) is 11.3 Å². The van der Waals surface area contributed by atoms with Crippen molar-refractivity contribution in [3.05, 3.63) is 34.9 Å². The molecule has 2 heterocycles. The molecule has 0 amide bonds. The van der Waals surface area contributed by atoms with E-state index in [1.165, 1.54) is 21.0 Å². The van der Waals surface area contributed by atoms with E-state index >= 15 is 0 Å². The monoisotopic (exact) mass is 352 g/mol. The van der Waals surface area contributed by atoms with Gasteiger partial charge in [-0.15, -0.1) is 0 Å². The number of likely N-dealkylation sites (tertiary alicyclic amines) is 1. The normalized spacial score (nSPS) is 28.2. The zero-order chi connectivity index (χ0) is 17.7. The van der Waals surface area contributed by atoms with E-state index in [1.807, 2.05) is 0 Å². The molecule has 1 aromatic rings. The highest BCUT2D eigenvalue weighted by atomic mass is 32.2. The summed E-state index contributed by atoms with van der Waals surface area (Å²) in [6, 6.07) is 6.30. The molecular weight excluding hydrogens is 328 g/mol. The first-order chi connectivity index (χ1) is 11.1. The first kappa shape index (κ1) is 17.4. The van der Waals surface area contributed by atoms with Crippen LogP contribution >= 0.6 is 0 Å². The van der Waals surface area contributed by atoms with Gasteiger partial charge in [-0.3, -0.25) is 9.69 Å². The molecule has 2 aliphatic heterocycles. The lowest BCUT2D eigenvalue weighted by molar-refractivity contribution is -0.148. The molecule has 24 heavy (non-hydrogen) atoms. The third kappa shape index (κ3) is 2.96. The third-order valence-corrected chi connectivity index (χ3v) is 6.74. The molecule has 1 N–H and O–H groups in total. The fourth-order valence-electron chi connectivity index (χ4n) is 3.96. The number of hydrogen-bond acceptors (Lipinski definition) is 4. The average Bonchev–Trinajstić information content (AvgIpc) is 2.97. The summed E-state index contributed by atoms with van der Waals surface area (Å²) in [7, 11) is -3.35. The van der Waals surface area contributed by atoms with Crippen LogP contribution in [0.25, 0.3) is 0 Å². The van der Waals surface area contributed by atoms with E-state index in [0.29, 0.717) is 26.2 Å². The maximum Gasteiger partial charge on any atom is 0.312 e. The van der Waals surface area contributed by atoms with Crippen LogP contribution in [0.4, 0.5) is 0 Å². The zero-order valence-corrected chi connectivity index (χ0v) is 15.1. The molecule has 3 rings (SSSR count). The van der Waals surface area contributed by atoms with E-state index in [1.54, 1.807) is 0 Å². The van der Waals surface area contributed by atoms with Gasteiger partial charge in [-0.05, 0) is 30.5 Å². The number of nitrogens with zero attached hydrogens (tertiary/aromatic N) is 2. The standard InChI is InChI=1S/C17H24N2O4S/c1-12-4-5-14(6-13(12)2)7-18-8-15-9-19(24(3,22)23)11-17(15,10-18)16(20)21/h4-6,15H,7-11H2,1-3H3,(H,20,21)/t15-,17-/m1/s1. The molecule has 132 valence electrons. The second kappa shape index (κ2) is 5.82. The zero-order valence-electron chi connectivity index (χ0n) is 14.3. The number of carboxylic acid groups (broad SMARTS) is 1. The maximum atomic E-state index is 11.9. The minimum atomic E-state index is -3.35. The molecule has 2 saturated heterocycles. The van der Waals surface area contributed by atoms with Crippen molar-refractivity contribution in [2.45, 2.75) is 20.4 Å². The highest BCUT2D eigenvalue weighted by Gasteiger charge is 2.58.